The third-order valence-electron chi connectivity index (χ3n) is 3.88. The molecule has 0 aliphatic carbocycles. The molecule has 0 aliphatic heterocycles. The van der Waals surface area contributed by atoms with Crippen LogP contribution in [-0.4, -0.2) is 43.0 Å². The zero-order valence-electron chi connectivity index (χ0n) is 14.3. The second-order valence-electron chi connectivity index (χ2n) is 5.58. The van der Waals surface area contributed by atoms with Crippen molar-refractivity contribution in [2.24, 2.45) is 4.99 Å². The first-order chi connectivity index (χ1) is 11.2. The number of nitrogens with one attached hydrogen (secondary N) is 2. The van der Waals surface area contributed by atoms with E-state index < -0.39 is 0 Å². The highest BCUT2D eigenvalue weighted by Gasteiger charge is 2.07. The SMILES string of the molecule is C=CCCCN(C)C(=NC)NCCc1c[nH]c2cc(F)ccc12.I. The van der Waals surface area contributed by atoms with Gasteiger partial charge in [-0.05, 0) is 43.0 Å². The van der Waals surface area contributed by atoms with Crippen LogP contribution in [-0.2, 0) is 6.42 Å². The zero-order chi connectivity index (χ0) is 16.7. The monoisotopic (exact) mass is 444 g/mol. The highest BCUT2D eigenvalue weighted by Crippen LogP contribution is 2.19. The summed E-state index contributed by atoms with van der Waals surface area (Å²) in [4.78, 5) is 9.55. The van der Waals surface area contributed by atoms with Crippen LogP contribution in [0.4, 0.5) is 4.39 Å². The molecule has 0 spiro atoms. The number of hydrogen-bond acceptors (Lipinski definition) is 1. The van der Waals surface area contributed by atoms with Crippen LogP contribution < -0.4 is 5.32 Å². The molecule has 1 aromatic carbocycles. The summed E-state index contributed by atoms with van der Waals surface area (Å²) in [5, 5.41) is 4.44. The molecule has 0 fully saturated rings. The lowest BCUT2D eigenvalue weighted by atomic mass is 10.1. The van der Waals surface area contributed by atoms with Gasteiger partial charge in [0.1, 0.15) is 5.82 Å². The first-order valence-corrected chi connectivity index (χ1v) is 7.94. The number of allylic oxidation sites excluding steroid dienone is 1. The van der Waals surface area contributed by atoms with E-state index in [2.05, 4.69) is 26.8 Å². The van der Waals surface area contributed by atoms with Crippen molar-refractivity contribution in [2.45, 2.75) is 19.3 Å². The van der Waals surface area contributed by atoms with Crippen molar-refractivity contribution in [3.63, 3.8) is 0 Å². The van der Waals surface area contributed by atoms with Crippen LogP contribution in [0.25, 0.3) is 10.9 Å². The van der Waals surface area contributed by atoms with E-state index in [1.807, 2.05) is 25.4 Å². The standard InChI is InChI=1S/C18H25FN4.HI/c1-4-5-6-11-23(3)18(20-2)21-10-9-14-13-22-17-12-15(19)7-8-16(14)17;/h4,7-8,12-13,22H,1,5-6,9-11H2,2-3H3,(H,20,21);1H. The topological polar surface area (TPSA) is 43.4 Å². The molecule has 132 valence electrons. The van der Waals surface area contributed by atoms with Crippen LogP contribution in [0, 0.1) is 5.82 Å². The number of halogens is 2. The Morgan fingerprint density at radius 1 is 1.46 bits per heavy atom. The summed E-state index contributed by atoms with van der Waals surface area (Å²) in [6.07, 6.45) is 6.80. The van der Waals surface area contributed by atoms with Crippen molar-refractivity contribution >= 4 is 40.8 Å². The molecule has 24 heavy (non-hydrogen) atoms. The number of H-pyrrole nitrogens is 1. The Morgan fingerprint density at radius 2 is 2.25 bits per heavy atom. The summed E-state index contributed by atoms with van der Waals surface area (Å²) in [6, 6.07) is 4.85. The van der Waals surface area contributed by atoms with Gasteiger partial charge in [0.05, 0.1) is 0 Å². The van der Waals surface area contributed by atoms with Crippen molar-refractivity contribution in [3.8, 4) is 0 Å². The first-order valence-electron chi connectivity index (χ1n) is 7.94. The Bertz CT molecular complexity index is 681. The number of benzene rings is 1. The lowest BCUT2D eigenvalue weighted by Gasteiger charge is -2.21. The number of rotatable bonds is 7. The van der Waals surface area contributed by atoms with Crippen molar-refractivity contribution in [2.75, 3.05) is 27.2 Å². The van der Waals surface area contributed by atoms with Crippen LogP contribution in [0.5, 0.6) is 0 Å². The molecule has 0 aliphatic rings. The van der Waals surface area contributed by atoms with E-state index in [9.17, 15) is 4.39 Å². The average Bonchev–Trinajstić information content (AvgIpc) is 2.93. The molecule has 1 aromatic heterocycles. The van der Waals surface area contributed by atoms with E-state index in [-0.39, 0.29) is 29.8 Å². The maximum atomic E-state index is 13.2. The van der Waals surface area contributed by atoms with Gasteiger partial charge < -0.3 is 15.2 Å². The number of unbranched alkanes of at least 4 members (excludes halogenated alkanes) is 1. The lowest BCUT2D eigenvalue weighted by molar-refractivity contribution is 0.470. The van der Waals surface area contributed by atoms with E-state index in [0.29, 0.717) is 0 Å². The van der Waals surface area contributed by atoms with Gasteiger partial charge in [-0.15, -0.1) is 30.6 Å². The fraction of sp³-hybridized carbons (Fsp3) is 0.389. The Kier molecular flexibility index (Phi) is 8.81. The van der Waals surface area contributed by atoms with E-state index >= 15 is 0 Å². The Balaban J connectivity index is 0.00000288. The molecule has 0 unspecified atom stereocenters. The first kappa shape index (κ1) is 20.5. The minimum atomic E-state index is -0.217. The third-order valence-corrected chi connectivity index (χ3v) is 3.88. The fourth-order valence-electron chi connectivity index (χ4n) is 2.64. The normalized spacial score (nSPS) is 11.2. The molecule has 0 saturated carbocycles. The van der Waals surface area contributed by atoms with Gasteiger partial charge in [-0.25, -0.2) is 4.39 Å². The van der Waals surface area contributed by atoms with Crippen molar-refractivity contribution < 1.29 is 4.39 Å². The molecule has 0 atom stereocenters. The van der Waals surface area contributed by atoms with Crippen molar-refractivity contribution in [1.82, 2.24) is 15.2 Å². The summed E-state index contributed by atoms with van der Waals surface area (Å²) in [7, 11) is 3.83. The van der Waals surface area contributed by atoms with E-state index in [1.54, 1.807) is 7.05 Å². The molecular formula is C18H26FIN4. The van der Waals surface area contributed by atoms with Gasteiger partial charge in [-0.3, -0.25) is 4.99 Å². The van der Waals surface area contributed by atoms with Gasteiger partial charge in [-0.1, -0.05) is 6.08 Å². The molecule has 2 N–H and O–H groups in total. The van der Waals surface area contributed by atoms with Gasteiger partial charge in [-0.2, -0.15) is 0 Å². The van der Waals surface area contributed by atoms with Gasteiger partial charge in [0.25, 0.3) is 0 Å². The molecule has 1 heterocycles. The summed E-state index contributed by atoms with van der Waals surface area (Å²) < 4.78 is 13.2. The van der Waals surface area contributed by atoms with Crippen LogP contribution in [0.3, 0.4) is 0 Å². The number of aromatic nitrogens is 1. The molecule has 0 amide bonds. The molecule has 0 radical (unpaired) electrons. The van der Waals surface area contributed by atoms with Gasteiger partial charge in [0, 0.05) is 44.3 Å². The maximum Gasteiger partial charge on any atom is 0.193 e. The summed E-state index contributed by atoms with van der Waals surface area (Å²) in [5.74, 6) is 0.672. The second kappa shape index (κ2) is 10.3. The predicted octanol–water partition coefficient (Wildman–Crippen LogP) is 3.94. The molecule has 6 heteroatoms. The molecule has 0 bridgehead atoms. The molecule has 0 saturated heterocycles. The number of aromatic amines is 1. The number of nitrogens with zero attached hydrogens (tertiary/aromatic N) is 2. The predicted molar refractivity (Wildman–Crippen MR) is 111 cm³/mol. The van der Waals surface area contributed by atoms with Crippen LogP contribution >= 0.6 is 24.0 Å². The largest absolute Gasteiger partial charge is 0.361 e. The average molecular weight is 444 g/mol. The lowest BCUT2D eigenvalue weighted by Crippen LogP contribution is -2.40. The summed E-state index contributed by atoms with van der Waals surface area (Å²) >= 11 is 0. The van der Waals surface area contributed by atoms with E-state index in [1.165, 1.54) is 17.7 Å². The maximum absolute atomic E-state index is 13.2. The highest BCUT2D eigenvalue weighted by atomic mass is 127. The number of hydrogen-bond donors (Lipinski definition) is 2. The Morgan fingerprint density at radius 3 is 2.96 bits per heavy atom. The van der Waals surface area contributed by atoms with E-state index in [4.69, 9.17) is 0 Å². The number of aliphatic imine (C=N–C) groups is 1. The van der Waals surface area contributed by atoms with Crippen LogP contribution in [0.2, 0.25) is 0 Å². The minimum absolute atomic E-state index is 0. The van der Waals surface area contributed by atoms with Gasteiger partial charge in [0.15, 0.2) is 5.96 Å². The van der Waals surface area contributed by atoms with Gasteiger partial charge >= 0.3 is 0 Å². The zero-order valence-corrected chi connectivity index (χ0v) is 16.6. The Labute approximate surface area is 160 Å². The molecule has 4 nitrogen and oxygen atoms in total. The van der Waals surface area contributed by atoms with Crippen molar-refractivity contribution in [1.29, 1.82) is 0 Å². The summed E-state index contributed by atoms with van der Waals surface area (Å²) in [6.45, 7) is 5.46. The highest BCUT2D eigenvalue weighted by molar-refractivity contribution is 14.0. The molecule has 2 aromatic rings. The van der Waals surface area contributed by atoms with Gasteiger partial charge in [0.2, 0.25) is 0 Å². The second-order valence-corrected chi connectivity index (χ2v) is 5.58. The van der Waals surface area contributed by atoms with Crippen LogP contribution in [0.1, 0.15) is 18.4 Å². The number of fused-ring (bicyclic) bond motifs is 1. The minimum Gasteiger partial charge on any atom is -0.361 e. The van der Waals surface area contributed by atoms with E-state index in [0.717, 1.165) is 49.2 Å². The van der Waals surface area contributed by atoms with Crippen LogP contribution in [0.15, 0.2) is 42.0 Å². The Hall–Kier alpha value is -1.57. The summed E-state index contributed by atoms with van der Waals surface area (Å²) in [5.41, 5.74) is 2.02. The van der Waals surface area contributed by atoms with Crippen molar-refractivity contribution in [3.05, 3.63) is 48.4 Å². The number of guanidine groups is 1. The smallest absolute Gasteiger partial charge is 0.193 e. The quantitative estimate of drug-likeness (QED) is 0.223. The molecular weight excluding hydrogens is 418 g/mol. The molecule has 2 rings (SSSR count). The third kappa shape index (κ3) is 5.51. The fourth-order valence-corrected chi connectivity index (χ4v) is 2.64.